The summed E-state index contributed by atoms with van der Waals surface area (Å²) in [7, 11) is -3.87. The molecule has 0 saturated carbocycles. The lowest BCUT2D eigenvalue weighted by molar-refractivity contribution is -0.154. The predicted octanol–water partition coefficient (Wildman–Crippen LogP) is 4.38. The molecule has 1 aromatic heterocycles. The summed E-state index contributed by atoms with van der Waals surface area (Å²) in [6, 6.07) is 9.44. The van der Waals surface area contributed by atoms with Crippen LogP contribution < -0.4 is 4.72 Å². The van der Waals surface area contributed by atoms with Crippen LogP contribution in [0.3, 0.4) is 0 Å². The van der Waals surface area contributed by atoms with Gasteiger partial charge in [0, 0.05) is 5.02 Å². The van der Waals surface area contributed by atoms with E-state index in [2.05, 4.69) is 21.5 Å². The zero-order chi connectivity index (χ0) is 23.3. The summed E-state index contributed by atoms with van der Waals surface area (Å²) in [5, 5.41) is 1.26. The van der Waals surface area contributed by atoms with Gasteiger partial charge < -0.3 is 9.47 Å². The molecule has 3 rings (SSSR count). The molecule has 0 aliphatic heterocycles. The van der Waals surface area contributed by atoms with Crippen molar-refractivity contribution in [1.82, 2.24) is 4.98 Å². The van der Waals surface area contributed by atoms with Crippen molar-refractivity contribution < 1.29 is 22.7 Å². The number of sulfonamides is 1. The lowest BCUT2D eigenvalue weighted by Crippen LogP contribution is -2.23. The zero-order valence-corrected chi connectivity index (χ0v) is 20.0. The number of rotatable bonds is 7. The number of hydrogen-bond donors (Lipinski definition) is 1. The first-order chi connectivity index (χ1) is 15.2. The van der Waals surface area contributed by atoms with E-state index in [9.17, 15) is 13.2 Å². The third-order valence-electron chi connectivity index (χ3n) is 4.25. The Kier molecular flexibility index (Phi) is 7.74. The Morgan fingerprint density at radius 1 is 1.28 bits per heavy atom. The number of ether oxygens (including phenoxy) is 2. The predicted molar refractivity (Wildman–Crippen MR) is 126 cm³/mol. The van der Waals surface area contributed by atoms with Crippen LogP contribution in [-0.2, 0) is 24.3 Å². The van der Waals surface area contributed by atoms with E-state index in [1.807, 2.05) is 6.92 Å². The Bertz CT molecular complexity index is 1310. The molecule has 0 saturated heterocycles. The largest absolute Gasteiger partial charge is 0.464 e. The van der Waals surface area contributed by atoms with Gasteiger partial charge >= 0.3 is 5.97 Å². The van der Waals surface area contributed by atoms with Crippen molar-refractivity contribution in [3.8, 4) is 11.8 Å². The molecule has 3 aromatic rings. The van der Waals surface area contributed by atoms with Gasteiger partial charge in [-0.2, -0.15) is 0 Å². The van der Waals surface area contributed by atoms with Crippen LogP contribution in [0.25, 0.3) is 10.2 Å². The number of fused-ring (bicyclic) bond motifs is 1. The number of anilines is 1. The molecule has 0 spiro atoms. The van der Waals surface area contributed by atoms with E-state index in [0.29, 0.717) is 10.6 Å². The molecule has 1 N–H and O–H groups in total. The molecule has 0 aliphatic carbocycles. The van der Waals surface area contributed by atoms with Gasteiger partial charge in [-0.1, -0.05) is 23.4 Å². The number of halogens is 1. The molecular formula is C22H21ClN2O5S2. The Balaban J connectivity index is 1.79. The standard InChI is InChI=1S/C22H21ClN2O5S2/c1-4-29-22(26)14(2)30-11-5-6-16-12-17(23)7-9-19(16)25-32(27,28)18-8-10-20-21(13-18)31-15(3)24-20/h7-10,12-14,25H,4,11H2,1-3H3. The van der Waals surface area contributed by atoms with Gasteiger partial charge in [0.15, 0.2) is 6.10 Å². The number of carbonyl (C=O) groups is 1. The first kappa shape index (κ1) is 24.0. The fourth-order valence-electron chi connectivity index (χ4n) is 2.73. The first-order valence-electron chi connectivity index (χ1n) is 9.66. The summed E-state index contributed by atoms with van der Waals surface area (Å²) < 4.78 is 39.5. The van der Waals surface area contributed by atoms with Gasteiger partial charge in [0.2, 0.25) is 0 Å². The lowest BCUT2D eigenvalue weighted by Gasteiger charge is -2.11. The Morgan fingerprint density at radius 2 is 2.06 bits per heavy atom. The molecule has 7 nitrogen and oxygen atoms in total. The highest BCUT2D eigenvalue weighted by Gasteiger charge is 2.18. The summed E-state index contributed by atoms with van der Waals surface area (Å²) in [4.78, 5) is 16.1. The number of aromatic nitrogens is 1. The summed E-state index contributed by atoms with van der Waals surface area (Å²) in [5.41, 5.74) is 1.41. The molecule has 0 amide bonds. The molecule has 32 heavy (non-hydrogen) atoms. The fourth-order valence-corrected chi connectivity index (χ4v) is 4.94. The molecule has 1 unspecified atom stereocenters. The SMILES string of the molecule is CCOC(=O)C(C)OCC#Cc1cc(Cl)ccc1NS(=O)(=O)c1ccc2nc(C)sc2c1. The highest BCUT2D eigenvalue weighted by atomic mass is 35.5. The van der Waals surface area contributed by atoms with E-state index < -0.39 is 22.1 Å². The maximum Gasteiger partial charge on any atom is 0.334 e. The number of nitrogens with one attached hydrogen (secondary N) is 1. The number of aryl methyl sites for hydroxylation is 1. The van der Waals surface area contributed by atoms with Gasteiger partial charge in [0.25, 0.3) is 10.0 Å². The lowest BCUT2D eigenvalue weighted by atomic mass is 10.2. The summed E-state index contributed by atoms with van der Waals surface area (Å²) >= 11 is 7.49. The number of nitrogens with zero attached hydrogens (tertiary/aromatic N) is 1. The molecule has 0 aliphatic rings. The molecule has 0 fully saturated rings. The van der Waals surface area contributed by atoms with Gasteiger partial charge in [0.1, 0.15) is 6.61 Å². The second-order valence-corrected chi connectivity index (χ2v) is 10.0. The van der Waals surface area contributed by atoms with E-state index >= 15 is 0 Å². The quantitative estimate of drug-likeness (QED) is 0.388. The van der Waals surface area contributed by atoms with Crippen molar-refractivity contribution >= 4 is 54.8 Å². The second kappa shape index (κ2) is 10.3. The van der Waals surface area contributed by atoms with Gasteiger partial charge in [-0.15, -0.1) is 11.3 Å². The molecule has 0 radical (unpaired) electrons. The number of esters is 1. The topological polar surface area (TPSA) is 94.6 Å². The number of benzene rings is 2. The normalized spacial score (nSPS) is 12.1. The molecule has 0 bridgehead atoms. The van der Waals surface area contributed by atoms with Crippen LogP contribution in [-0.4, -0.2) is 38.7 Å². The van der Waals surface area contributed by atoms with Crippen molar-refractivity contribution in [2.75, 3.05) is 17.9 Å². The van der Waals surface area contributed by atoms with E-state index in [4.69, 9.17) is 21.1 Å². The zero-order valence-electron chi connectivity index (χ0n) is 17.6. The van der Waals surface area contributed by atoms with Crippen molar-refractivity contribution in [3.05, 3.63) is 52.0 Å². The molecule has 168 valence electrons. The minimum Gasteiger partial charge on any atom is -0.464 e. The van der Waals surface area contributed by atoms with E-state index in [1.54, 1.807) is 44.2 Å². The van der Waals surface area contributed by atoms with E-state index in [1.165, 1.54) is 17.4 Å². The van der Waals surface area contributed by atoms with E-state index in [-0.39, 0.29) is 23.8 Å². The Hall–Kier alpha value is -2.64. The maximum atomic E-state index is 13.0. The minimum atomic E-state index is -3.87. The van der Waals surface area contributed by atoms with Crippen LogP contribution in [0.5, 0.6) is 0 Å². The smallest absolute Gasteiger partial charge is 0.334 e. The highest BCUT2D eigenvalue weighted by molar-refractivity contribution is 7.92. The summed E-state index contributed by atoms with van der Waals surface area (Å²) in [6.07, 6.45) is -0.758. The van der Waals surface area contributed by atoms with Gasteiger partial charge in [0.05, 0.1) is 38.0 Å². The molecule has 1 atom stereocenters. The van der Waals surface area contributed by atoms with Gasteiger partial charge in [-0.05, 0) is 57.2 Å². The minimum absolute atomic E-state index is 0.0416. The first-order valence-corrected chi connectivity index (χ1v) is 12.3. The van der Waals surface area contributed by atoms with Gasteiger partial charge in [-0.25, -0.2) is 18.2 Å². The fraction of sp³-hybridized carbons (Fsp3) is 0.273. The molecule has 1 heterocycles. The van der Waals surface area contributed by atoms with Crippen LogP contribution in [0.2, 0.25) is 5.02 Å². The highest BCUT2D eigenvalue weighted by Crippen LogP contribution is 2.27. The third kappa shape index (κ3) is 5.99. The molecular weight excluding hydrogens is 472 g/mol. The van der Waals surface area contributed by atoms with Crippen LogP contribution >= 0.6 is 22.9 Å². The average molecular weight is 493 g/mol. The summed E-state index contributed by atoms with van der Waals surface area (Å²) in [6.45, 7) is 5.37. The van der Waals surface area contributed by atoms with Crippen LogP contribution in [0.1, 0.15) is 24.4 Å². The Morgan fingerprint density at radius 3 is 2.81 bits per heavy atom. The van der Waals surface area contributed by atoms with Gasteiger partial charge in [-0.3, -0.25) is 4.72 Å². The molecule has 2 aromatic carbocycles. The van der Waals surface area contributed by atoms with Crippen LogP contribution in [0.4, 0.5) is 5.69 Å². The number of thiazole rings is 1. The summed E-state index contributed by atoms with van der Waals surface area (Å²) in [5.74, 6) is 5.14. The van der Waals surface area contributed by atoms with E-state index in [0.717, 1.165) is 15.2 Å². The van der Waals surface area contributed by atoms with Crippen LogP contribution in [0.15, 0.2) is 41.3 Å². The second-order valence-electron chi connectivity index (χ2n) is 6.66. The number of carbonyl (C=O) groups excluding carboxylic acids is 1. The third-order valence-corrected chi connectivity index (χ3v) is 6.78. The van der Waals surface area contributed by atoms with Crippen molar-refractivity contribution in [2.45, 2.75) is 31.8 Å². The van der Waals surface area contributed by atoms with Crippen molar-refractivity contribution in [1.29, 1.82) is 0 Å². The van der Waals surface area contributed by atoms with Crippen molar-refractivity contribution in [2.24, 2.45) is 0 Å². The monoisotopic (exact) mass is 492 g/mol. The number of hydrogen-bond acceptors (Lipinski definition) is 7. The van der Waals surface area contributed by atoms with Crippen molar-refractivity contribution in [3.63, 3.8) is 0 Å². The average Bonchev–Trinajstić information content (AvgIpc) is 3.12. The Labute approximate surface area is 195 Å². The molecule has 10 heteroatoms. The maximum absolute atomic E-state index is 13.0. The van der Waals surface area contributed by atoms with Crippen LogP contribution in [0, 0.1) is 18.8 Å².